The number of hydrogen-bond donors (Lipinski definition) is 2. The third-order valence-electron chi connectivity index (χ3n) is 6.15. The molecule has 0 saturated carbocycles. The van der Waals surface area contributed by atoms with Gasteiger partial charge >= 0.3 is 7.32 Å². The summed E-state index contributed by atoms with van der Waals surface area (Å²) in [4.78, 5) is 0. The van der Waals surface area contributed by atoms with Gasteiger partial charge in [0.25, 0.3) is 0 Å². The van der Waals surface area contributed by atoms with Crippen LogP contribution in [0.1, 0.15) is 13.3 Å². The van der Waals surface area contributed by atoms with Gasteiger partial charge in [-0.3, -0.25) is 0 Å². The minimum absolute atomic E-state index is 0.466. The predicted octanol–water partition coefficient (Wildman–Crippen LogP) is 6.03. The fraction of sp³-hybridized carbons (Fsp3) is 0.100. The van der Waals surface area contributed by atoms with E-state index < -0.39 is 7.32 Å². The molecule has 0 bridgehead atoms. The molecule has 0 aliphatic carbocycles. The first-order valence-electron chi connectivity index (χ1n) is 11.9. The van der Waals surface area contributed by atoms with Crippen LogP contribution in [0.25, 0.3) is 43.1 Å². The Kier molecular flexibility index (Phi) is 6.62. The molecule has 5 heteroatoms. The van der Waals surface area contributed by atoms with Gasteiger partial charge in [0.1, 0.15) is 12.3 Å². The van der Waals surface area contributed by atoms with E-state index in [0.717, 1.165) is 33.5 Å². The molecule has 1 aromatic heterocycles. The number of hydrogen-bond acceptors (Lipinski definition) is 3. The first-order valence-corrected chi connectivity index (χ1v) is 11.9. The van der Waals surface area contributed by atoms with Gasteiger partial charge < -0.3 is 14.7 Å². The molecule has 0 spiro atoms. The van der Waals surface area contributed by atoms with Crippen LogP contribution in [0, 0.1) is 0 Å². The summed E-state index contributed by atoms with van der Waals surface area (Å²) in [5.74, 6) is 0.466. The molecular formula is C30H27BNO3+. The van der Waals surface area contributed by atoms with Crippen molar-refractivity contribution in [2.45, 2.75) is 19.9 Å². The summed E-state index contributed by atoms with van der Waals surface area (Å²) in [7, 11) is -1.83. The van der Waals surface area contributed by atoms with E-state index in [9.17, 15) is 0 Å². The largest absolute Gasteiger partial charge is 0.707 e. The summed E-state index contributed by atoms with van der Waals surface area (Å²) in [5, 5.41) is 27.2. The van der Waals surface area contributed by atoms with Gasteiger partial charge in [-0.2, -0.15) is 0 Å². The second-order valence-corrected chi connectivity index (χ2v) is 8.60. The quantitative estimate of drug-likeness (QED) is 0.146. The Balaban J connectivity index is 0.000000166. The highest BCUT2D eigenvalue weighted by Gasteiger charge is 2.15. The van der Waals surface area contributed by atoms with E-state index in [-0.39, 0.29) is 0 Å². The van der Waals surface area contributed by atoms with E-state index in [4.69, 9.17) is 14.7 Å². The number of nitrogens with zero attached hydrogens (tertiary/aromatic N) is 1. The Hall–Kier alpha value is -3.93. The molecule has 0 unspecified atom stereocenters. The minimum Gasteiger partial charge on any atom is -0.511 e. The predicted molar refractivity (Wildman–Crippen MR) is 144 cm³/mol. The van der Waals surface area contributed by atoms with Crippen molar-refractivity contribution < 1.29 is 19.3 Å². The molecule has 0 radical (unpaired) electrons. The smallest absolute Gasteiger partial charge is 0.511 e. The first-order chi connectivity index (χ1) is 17.1. The molecule has 0 aliphatic heterocycles. The highest BCUT2D eigenvalue weighted by molar-refractivity contribution is 6.34. The molecule has 0 saturated heterocycles. The Morgan fingerprint density at radius 1 is 0.686 bits per heavy atom. The Morgan fingerprint density at radius 3 is 2.09 bits per heavy atom. The Labute approximate surface area is 204 Å². The standard InChI is InChI=1S/C18H13BO3.C12H14N/c20-19(21)22-17-7-3-6-12-8-9-15-10-13-4-1-2-5-14(13)11-16(15)18(12)17;1-2-8-13-9-7-11-5-3-4-6-12(11)10-13/h1-11,20-21H;3-7,9-10H,2,8H2,1H3/q;+1. The fourth-order valence-corrected chi connectivity index (χ4v) is 4.55. The van der Waals surface area contributed by atoms with Crippen LogP contribution in [0.5, 0.6) is 5.75 Å². The average Bonchev–Trinajstić information content (AvgIpc) is 2.88. The van der Waals surface area contributed by atoms with Crippen LogP contribution in [0.2, 0.25) is 0 Å². The molecule has 2 N–H and O–H groups in total. The van der Waals surface area contributed by atoms with Crippen molar-refractivity contribution in [1.29, 1.82) is 0 Å². The van der Waals surface area contributed by atoms with Crippen LogP contribution in [-0.4, -0.2) is 17.4 Å². The fourth-order valence-electron chi connectivity index (χ4n) is 4.55. The average molecular weight is 460 g/mol. The molecular weight excluding hydrogens is 433 g/mol. The van der Waals surface area contributed by atoms with E-state index in [1.807, 2.05) is 30.3 Å². The zero-order valence-corrected chi connectivity index (χ0v) is 19.6. The second kappa shape index (κ2) is 10.1. The van der Waals surface area contributed by atoms with Crippen molar-refractivity contribution in [3.05, 3.63) is 109 Å². The van der Waals surface area contributed by atoms with Gasteiger partial charge in [0.2, 0.25) is 0 Å². The van der Waals surface area contributed by atoms with Gasteiger partial charge in [0.15, 0.2) is 12.4 Å². The molecule has 0 aliphatic rings. The van der Waals surface area contributed by atoms with Gasteiger partial charge in [-0.05, 0) is 56.6 Å². The van der Waals surface area contributed by atoms with Gasteiger partial charge in [-0.1, -0.05) is 73.7 Å². The normalized spacial score (nSPS) is 10.9. The van der Waals surface area contributed by atoms with Gasteiger partial charge in [0, 0.05) is 23.3 Å². The Morgan fingerprint density at radius 2 is 1.34 bits per heavy atom. The van der Waals surface area contributed by atoms with Crippen LogP contribution < -0.4 is 9.22 Å². The second-order valence-electron chi connectivity index (χ2n) is 8.60. The molecule has 35 heavy (non-hydrogen) atoms. The zero-order chi connectivity index (χ0) is 24.2. The zero-order valence-electron chi connectivity index (χ0n) is 19.6. The Bertz CT molecular complexity index is 1630. The lowest BCUT2D eigenvalue weighted by molar-refractivity contribution is -0.695. The summed E-state index contributed by atoms with van der Waals surface area (Å²) in [5.41, 5.74) is 0. The number of aromatic nitrogens is 1. The van der Waals surface area contributed by atoms with Gasteiger partial charge in [0.05, 0.1) is 0 Å². The number of fused-ring (bicyclic) bond motifs is 5. The van der Waals surface area contributed by atoms with E-state index in [0.29, 0.717) is 5.75 Å². The number of benzene rings is 5. The van der Waals surface area contributed by atoms with Crippen molar-refractivity contribution in [2.24, 2.45) is 0 Å². The van der Waals surface area contributed by atoms with E-state index in [1.165, 1.54) is 22.6 Å². The van der Waals surface area contributed by atoms with Crippen LogP contribution in [0.15, 0.2) is 109 Å². The third kappa shape index (κ3) is 4.97. The molecule has 6 rings (SSSR count). The number of pyridine rings is 1. The molecule has 172 valence electrons. The summed E-state index contributed by atoms with van der Waals surface area (Å²) in [6.07, 6.45) is 5.54. The third-order valence-corrected chi connectivity index (χ3v) is 6.15. The molecule has 6 aromatic rings. The van der Waals surface area contributed by atoms with Gasteiger partial charge in [-0.15, -0.1) is 0 Å². The maximum absolute atomic E-state index is 9.14. The monoisotopic (exact) mass is 460 g/mol. The van der Waals surface area contributed by atoms with Crippen molar-refractivity contribution in [3.8, 4) is 5.75 Å². The molecule has 1 heterocycles. The lowest BCUT2D eigenvalue weighted by Crippen LogP contribution is -2.31. The number of aryl methyl sites for hydroxylation is 1. The lowest BCUT2D eigenvalue weighted by atomic mass is 9.97. The molecule has 0 fully saturated rings. The van der Waals surface area contributed by atoms with Crippen LogP contribution in [0.3, 0.4) is 0 Å². The highest BCUT2D eigenvalue weighted by atomic mass is 16.6. The van der Waals surface area contributed by atoms with E-state index >= 15 is 0 Å². The molecule has 0 amide bonds. The first kappa shape index (κ1) is 22.8. The summed E-state index contributed by atoms with van der Waals surface area (Å²) in [6.45, 7) is 3.30. The lowest BCUT2D eigenvalue weighted by Gasteiger charge is -2.12. The van der Waals surface area contributed by atoms with Crippen molar-refractivity contribution in [2.75, 3.05) is 0 Å². The van der Waals surface area contributed by atoms with Crippen LogP contribution in [0.4, 0.5) is 0 Å². The minimum atomic E-state index is -1.83. The van der Waals surface area contributed by atoms with Crippen LogP contribution >= 0.6 is 0 Å². The van der Waals surface area contributed by atoms with Crippen LogP contribution in [-0.2, 0) is 6.54 Å². The number of rotatable bonds is 4. The van der Waals surface area contributed by atoms with Crippen molar-refractivity contribution >= 4 is 50.4 Å². The maximum atomic E-state index is 9.14. The maximum Gasteiger partial charge on any atom is 0.707 e. The van der Waals surface area contributed by atoms with E-state index in [2.05, 4.69) is 84.5 Å². The van der Waals surface area contributed by atoms with Crippen molar-refractivity contribution in [3.63, 3.8) is 0 Å². The molecule has 0 atom stereocenters. The summed E-state index contributed by atoms with van der Waals surface area (Å²) in [6, 6.07) is 32.7. The summed E-state index contributed by atoms with van der Waals surface area (Å²) >= 11 is 0. The van der Waals surface area contributed by atoms with Gasteiger partial charge in [-0.25, -0.2) is 4.57 Å². The molecule has 5 aromatic carbocycles. The highest BCUT2D eigenvalue weighted by Crippen LogP contribution is 2.35. The topological polar surface area (TPSA) is 53.6 Å². The van der Waals surface area contributed by atoms with Crippen molar-refractivity contribution in [1.82, 2.24) is 0 Å². The van der Waals surface area contributed by atoms with E-state index in [1.54, 1.807) is 6.07 Å². The molecule has 4 nitrogen and oxygen atoms in total. The SMILES string of the molecule is CCC[n+]1ccc2ccccc2c1.OB(O)Oc1cccc2ccc3cc4ccccc4cc3c12. The summed E-state index contributed by atoms with van der Waals surface area (Å²) < 4.78 is 7.40.